The summed E-state index contributed by atoms with van der Waals surface area (Å²) >= 11 is 0. The number of anilines is 1. The SMILES string of the molecule is CC.CC.CC.[HH].c1ccc2c(c1)CCCN2. The normalized spacial score (nSPS) is 10.9. The van der Waals surface area contributed by atoms with Gasteiger partial charge in [0.05, 0.1) is 0 Å². The highest BCUT2D eigenvalue weighted by Crippen LogP contribution is 2.19. The van der Waals surface area contributed by atoms with E-state index in [4.69, 9.17) is 0 Å². The zero-order valence-corrected chi connectivity index (χ0v) is 11.9. The molecule has 0 atom stereocenters. The fraction of sp³-hybridized carbons (Fsp3) is 0.600. The van der Waals surface area contributed by atoms with Gasteiger partial charge in [-0.2, -0.15) is 0 Å². The van der Waals surface area contributed by atoms with Crippen LogP contribution in [0.3, 0.4) is 0 Å². The summed E-state index contributed by atoms with van der Waals surface area (Å²) in [6.45, 7) is 13.1. The molecular formula is C15H31N. The smallest absolute Gasteiger partial charge is 0.0372 e. The van der Waals surface area contributed by atoms with Crippen molar-refractivity contribution in [3.05, 3.63) is 29.8 Å². The van der Waals surface area contributed by atoms with Crippen LogP contribution in [0.2, 0.25) is 0 Å². The molecule has 16 heavy (non-hydrogen) atoms. The molecular weight excluding hydrogens is 194 g/mol. The van der Waals surface area contributed by atoms with E-state index in [9.17, 15) is 0 Å². The van der Waals surface area contributed by atoms with Crippen LogP contribution in [0.1, 0.15) is 55.0 Å². The Balaban J connectivity index is -0.000000248. The summed E-state index contributed by atoms with van der Waals surface area (Å²) in [5.41, 5.74) is 2.79. The zero-order valence-electron chi connectivity index (χ0n) is 11.9. The summed E-state index contributed by atoms with van der Waals surface area (Å²) in [7, 11) is 0. The second kappa shape index (κ2) is 14.0. The minimum absolute atomic E-state index is 0. The molecule has 96 valence electrons. The molecule has 0 amide bonds. The van der Waals surface area contributed by atoms with Gasteiger partial charge in [-0.1, -0.05) is 59.7 Å². The summed E-state index contributed by atoms with van der Waals surface area (Å²) < 4.78 is 0. The van der Waals surface area contributed by atoms with E-state index in [-0.39, 0.29) is 1.43 Å². The van der Waals surface area contributed by atoms with Crippen molar-refractivity contribution in [1.29, 1.82) is 0 Å². The minimum Gasteiger partial charge on any atom is -0.385 e. The average Bonchev–Trinajstić information content (AvgIpc) is 2.45. The van der Waals surface area contributed by atoms with Crippen LogP contribution in [-0.4, -0.2) is 6.54 Å². The monoisotopic (exact) mass is 225 g/mol. The molecule has 1 aliphatic heterocycles. The van der Waals surface area contributed by atoms with Crippen molar-refractivity contribution < 1.29 is 1.43 Å². The molecule has 1 aromatic rings. The molecule has 0 aromatic heterocycles. The molecule has 2 rings (SSSR count). The van der Waals surface area contributed by atoms with E-state index < -0.39 is 0 Å². The van der Waals surface area contributed by atoms with Crippen molar-refractivity contribution in [1.82, 2.24) is 0 Å². The molecule has 1 N–H and O–H groups in total. The molecule has 0 radical (unpaired) electrons. The van der Waals surface area contributed by atoms with E-state index in [2.05, 4.69) is 29.6 Å². The maximum absolute atomic E-state index is 3.36. The van der Waals surface area contributed by atoms with Gasteiger partial charge in [0.1, 0.15) is 0 Å². The number of para-hydroxylation sites is 1. The summed E-state index contributed by atoms with van der Waals surface area (Å²) in [5, 5.41) is 3.36. The summed E-state index contributed by atoms with van der Waals surface area (Å²) in [6.07, 6.45) is 2.51. The largest absolute Gasteiger partial charge is 0.385 e. The van der Waals surface area contributed by atoms with Crippen LogP contribution >= 0.6 is 0 Å². The Morgan fingerprint density at radius 1 is 0.938 bits per heavy atom. The van der Waals surface area contributed by atoms with Crippen molar-refractivity contribution in [2.45, 2.75) is 54.4 Å². The zero-order chi connectivity index (χ0) is 12.8. The topological polar surface area (TPSA) is 12.0 Å². The highest BCUT2D eigenvalue weighted by Gasteiger charge is 2.04. The van der Waals surface area contributed by atoms with Gasteiger partial charge < -0.3 is 5.32 Å². The lowest BCUT2D eigenvalue weighted by atomic mass is 10.0. The Morgan fingerprint density at radius 3 is 2.06 bits per heavy atom. The molecule has 0 spiro atoms. The molecule has 0 unspecified atom stereocenters. The molecule has 0 fully saturated rings. The van der Waals surface area contributed by atoms with Crippen molar-refractivity contribution in [3.63, 3.8) is 0 Å². The van der Waals surface area contributed by atoms with E-state index in [1.165, 1.54) is 24.1 Å². The first-order chi connectivity index (χ1) is 7.97. The highest BCUT2D eigenvalue weighted by molar-refractivity contribution is 5.52. The Kier molecular flexibility index (Phi) is 15.3. The number of aryl methyl sites for hydroxylation is 1. The van der Waals surface area contributed by atoms with Gasteiger partial charge >= 0.3 is 0 Å². The predicted octanol–water partition coefficient (Wildman–Crippen LogP) is 5.37. The number of fused-ring (bicyclic) bond motifs is 1. The Labute approximate surface area is 104 Å². The van der Waals surface area contributed by atoms with E-state index in [1.54, 1.807) is 0 Å². The quantitative estimate of drug-likeness (QED) is 0.626. The van der Waals surface area contributed by atoms with Crippen LogP contribution < -0.4 is 5.32 Å². The number of benzene rings is 1. The lowest BCUT2D eigenvalue weighted by molar-refractivity contribution is 0.830. The number of rotatable bonds is 0. The third-order valence-corrected chi connectivity index (χ3v) is 1.96. The molecule has 0 saturated carbocycles. The Hall–Kier alpha value is -0.980. The molecule has 0 bridgehead atoms. The van der Waals surface area contributed by atoms with Crippen LogP contribution in [0.5, 0.6) is 0 Å². The van der Waals surface area contributed by atoms with Gasteiger partial charge in [0.25, 0.3) is 0 Å². The third kappa shape index (κ3) is 6.49. The van der Waals surface area contributed by atoms with Gasteiger partial charge in [0, 0.05) is 13.7 Å². The molecule has 1 nitrogen and oxygen atoms in total. The van der Waals surface area contributed by atoms with Gasteiger partial charge in [-0.25, -0.2) is 0 Å². The summed E-state index contributed by atoms with van der Waals surface area (Å²) in [4.78, 5) is 0. The lowest BCUT2D eigenvalue weighted by Gasteiger charge is -2.16. The standard InChI is InChI=1S/C9H11N.3C2H6.H2/c1-2-6-9-8(4-1)5-3-7-10-9;3*1-2;/h1-2,4,6,10H,3,5,7H2;3*1-2H3;1H. The van der Waals surface area contributed by atoms with Crippen LogP contribution in [0.15, 0.2) is 24.3 Å². The molecule has 1 heteroatoms. The third-order valence-electron chi connectivity index (χ3n) is 1.96. The minimum atomic E-state index is 0. The van der Waals surface area contributed by atoms with E-state index in [1.807, 2.05) is 41.5 Å². The first-order valence-corrected chi connectivity index (χ1v) is 6.78. The number of hydrogen-bond acceptors (Lipinski definition) is 1. The molecule has 0 aliphatic carbocycles. The van der Waals surface area contributed by atoms with Crippen LogP contribution in [0, 0.1) is 0 Å². The lowest BCUT2D eigenvalue weighted by Crippen LogP contribution is -2.10. The van der Waals surface area contributed by atoms with Crippen LogP contribution in [-0.2, 0) is 6.42 Å². The second-order valence-corrected chi connectivity index (χ2v) is 2.69. The Bertz CT molecular complexity index is 211. The van der Waals surface area contributed by atoms with E-state index in [0.717, 1.165) is 6.54 Å². The molecule has 1 heterocycles. The Morgan fingerprint density at radius 2 is 1.50 bits per heavy atom. The van der Waals surface area contributed by atoms with E-state index in [0.29, 0.717) is 0 Å². The van der Waals surface area contributed by atoms with Crippen molar-refractivity contribution in [3.8, 4) is 0 Å². The van der Waals surface area contributed by atoms with Crippen molar-refractivity contribution in [2.75, 3.05) is 11.9 Å². The maximum Gasteiger partial charge on any atom is 0.0372 e. The number of nitrogens with one attached hydrogen (secondary N) is 1. The van der Waals surface area contributed by atoms with E-state index >= 15 is 0 Å². The van der Waals surface area contributed by atoms with Gasteiger partial charge in [-0.05, 0) is 24.5 Å². The number of hydrogen-bond donors (Lipinski definition) is 1. The van der Waals surface area contributed by atoms with Crippen molar-refractivity contribution in [2.24, 2.45) is 0 Å². The predicted molar refractivity (Wildman–Crippen MR) is 79.4 cm³/mol. The fourth-order valence-electron chi connectivity index (χ4n) is 1.41. The summed E-state index contributed by atoms with van der Waals surface area (Å²) in [5.74, 6) is 0. The second-order valence-electron chi connectivity index (χ2n) is 2.69. The maximum atomic E-state index is 3.36. The van der Waals surface area contributed by atoms with Gasteiger partial charge in [-0.3, -0.25) is 0 Å². The van der Waals surface area contributed by atoms with Crippen LogP contribution in [0.25, 0.3) is 0 Å². The summed E-state index contributed by atoms with van der Waals surface area (Å²) in [6, 6.07) is 8.53. The first-order valence-electron chi connectivity index (χ1n) is 6.78. The van der Waals surface area contributed by atoms with Crippen molar-refractivity contribution >= 4 is 5.69 Å². The van der Waals surface area contributed by atoms with Gasteiger partial charge in [-0.15, -0.1) is 0 Å². The first kappa shape index (κ1) is 17.4. The highest BCUT2D eigenvalue weighted by atomic mass is 14.9. The molecule has 0 saturated heterocycles. The van der Waals surface area contributed by atoms with Crippen LogP contribution in [0.4, 0.5) is 5.69 Å². The fourth-order valence-corrected chi connectivity index (χ4v) is 1.41. The molecule has 1 aromatic carbocycles. The van der Waals surface area contributed by atoms with Gasteiger partial charge in [0.2, 0.25) is 0 Å². The molecule has 1 aliphatic rings. The average molecular weight is 225 g/mol. The van der Waals surface area contributed by atoms with Gasteiger partial charge in [0.15, 0.2) is 0 Å².